The number of hydrogen-bond acceptors (Lipinski definition) is 5. The predicted molar refractivity (Wildman–Crippen MR) is 114 cm³/mol. The van der Waals surface area contributed by atoms with Crippen molar-refractivity contribution in [2.24, 2.45) is 0 Å². The number of piperazine rings is 1. The Labute approximate surface area is 175 Å². The lowest BCUT2D eigenvalue weighted by Gasteiger charge is -2.38. The third-order valence-electron chi connectivity index (χ3n) is 5.73. The summed E-state index contributed by atoms with van der Waals surface area (Å²) < 4.78 is 5.21. The van der Waals surface area contributed by atoms with Crippen LogP contribution in [0.4, 0.5) is 11.4 Å². The number of benzene rings is 2. The molecule has 0 aliphatic carbocycles. The van der Waals surface area contributed by atoms with Crippen LogP contribution in [0.3, 0.4) is 0 Å². The first-order valence-electron chi connectivity index (χ1n) is 9.74. The van der Waals surface area contributed by atoms with Gasteiger partial charge in [0.1, 0.15) is 5.75 Å². The molecule has 6 nitrogen and oxygen atoms in total. The van der Waals surface area contributed by atoms with E-state index in [4.69, 9.17) is 16.3 Å². The monoisotopic (exact) mass is 413 g/mol. The maximum atomic E-state index is 13.0. The largest absolute Gasteiger partial charge is 0.497 e. The van der Waals surface area contributed by atoms with Crippen LogP contribution in [0.5, 0.6) is 5.75 Å². The number of imide groups is 1. The van der Waals surface area contributed by atoms with Crippen molar-refractivity contribution in [2.75, 3.05) is 43.1 Å². The Morgan fingerprint density at radius 3 is 2.24 bits per heavy atom. The highest BCUT2D eigenvalue weighted by atomic mass is 35.5. The molecule has 1 atom stereocenters. The topological polar surface area (TPSA) is 53.1 Å². The Bertz CT molecular complexity index is 923. The first-order chi connectivity index (χ1) is 14.0. The predicted octanol–water partition coefficient (Wildman–Crippen LogP) is 3.11. The van der Waals surface area contributed by atoms with Crippen LogP contribution in [-0.2, 0) is 9.59 Å². The second-order valence-electron chi connectivity index (χ2n) is 7.44. The average Bonchev–Trinajstić information content (AvgIpc) is 3.04. The zero-order valence-corrected chi connectivity index (χ0v) is 17.4. The molecule has 4 rings (SSSR count). The van der Waals surface area contributed by atoms with Crippen LogP contribution in [0.25, 0.3) is 0 Å². The highest BCUT2D eigenvalue weighted by Crippen LogP contribution is 2.30. The van der Waals surface area contributed by atoms with E-state index in [1.807, 2.05) is 37.3 Å². The first-order valence-corrected chi connectivity index (χ1v) is 10.1. The molecule has 2 aromatic carbocycles. The Balaban J connectivity index is 1.42. The van der Waals surface area contributed by atoms with Gasteiger partial charge in [-0.15, -0.1) is 0 Å². The molecule has 2 aliphatic heterocycles. The van der Waals surface area contributed by atoms with Gasteiger partial charge in [-0.1, -0.05) is 17.7 Å². The fraction of sp³-hybridized carbons (Fsp3) is 0.364. The molecular formula is C22H24ClN3O3. The van der Waals surface area contributed by atoms with Crippen molar-refractivity contribution in [2.45, 2.75) is 19.4 Å². The molecule has 2 heterocycles. The van der Waals surface area contributed by atoms with E-state index in [1.54, 1.807) is 19.2 Å². The lowest BCUT2D eigenvalue weighted by atomic mass is 10.1. The molecule has 2 aromatic rings. The minimum absolute atomic E-state index is 0.159. The van der Waals surface area contributed by atoms with Gasteiger partial charge in [0.05, 0.1) is 25.3 Å². The summed E-state index contributed by atoms with van der Waals surface area (Å²) in [7, 11) is 1.65. The molecule has 0 spiro atoms. The minimum Gasteiger partial charge on any atom is -0.497 e. The van der Waals surface area contributed by atoms with Crippen LogP contribution in [0.2, 0.25) is 5.02 Å². The molecule has 2 amide bonds. The van der Waals surface area contributed by atoms with Gasteiger partial charge in [0.2, 0.25) is 5.91 Å². The van der Waals surface area contributed by atoms with Crippen molar-refractivity contribution in [3.05, 3.63) is 53.1 Å². The van der Waals surface area contributed by atoms with Gasteiger partial charge < -0.3 is 9.64 Å². The lowest BCUT2D eigenvalue weighted by Crippen LogP contribution is -2.52. The van der Waals surface area contributed by atoms with E-state index in [-0.39, 0.29) is 18.2 Å². The summed E-state index contributed by atoms with van der Waals surface area (Å²) in [5.74, 6) is 0.504. The van der Waals surface area contributed by atoms with Gasteiger partial charge in [-0.05, 0) is 48.9 Å². The van der Waals surface area contributed by atoms with Gasteiger partial charge in [-0.25, -0.2) is 4.90 Å². The molecular weight excluding hydrogens is 390 g/mol. The number of halogens is 1. The maximum Gasteiger partial charge on any atom is 0.251 e. The molecule has 7 heteroatoms. The maximum absolute atomic E-state index is 13.0. The van der Waals surface area contributed by atoms with Crippen LogP contribution < -0.4 is 14.5 Å². The Kier molecular flexibility index (Phi) is 5.48. The average molecular weight is 414 g/mol. The van der Waals surface area contributed by atoms with Crippen molar-refractivity contribution in [3.8, 4) is 5.75 Å². The van der Waals surface area contributed by atoms with E-state index in [2.05, 4.69) is 9.80 Å². The van der Waals surface area contributed by atoms with Gasteiger partial charge >= 0.3 is 0 Å². The summed E-state index contributed by atoms with van der Waals surface area (Å²) in [6.45, 7) is 4.97. The van der Waals surface area contributed by atoms with Crippen molar-refractivity contribution in [1.82, 2.24) is 4.90 Å². The number of anilines is 2. The SMILES string of the molecule is COc1ccc(N2CCN([C@H]3CC(=O)N(c4ccc(C)c(Cl)c4)C3=O)CC2)cc1. The third-order valence-corrected chi connectivity index (χ3v) is 6.14. The quantitative estimate of drug-likeness (QED) is 0.721. The summed E-state index contributed by atoms with van der Waals surface area (Å²) in [4.78, 5) is 31.3. The standard InChI is InChI=1S/C22H24ClN3O3/c1-15-3-4-17(13-19(15)23)26-21(27)14-20(22(26)28)25-11-9-24(10-12-25)16-5-7-18(29-2)8-6-16/h3-8,13,20H,9-12,14H2,1-2H3/t20-/m0/s1. The van der Waals surface area contributed by atoms with Crippen molar-refractivity contribution in [3.63, 3.8) is 0 Å². The lowest BCUT2D eigenvalue weighted by molar-refractivity contribution is -0.123. The van der Waals surface area contributed by atoms with Crippen LogP contribution in [0, 0.1) is 6.92 Å². The zero-order chi connectivity index (χ0) is 20.5. The molecule has 2 aliphatic rings. The molecule has 0 radical (unpaired) electrons. The van der Waals surface area contributed by atoms with Gasteiger partial charge in [-0.3, -0.25) is 14.5 Å². The fourth-order valence-corrected chi connectivity index (χ4v) is 4.15. The molecule has 152 valence electrons. The second kappa shape index (κ2) is 8.05. The molecule has 2 saturated heterocycles. The third kappa shape index (κ3) is 3.82. The molecule has 0 unspecified atom stereocenters. The zero-order valence-electron chi connectivity index (χ0n) is 16.6. The number of nitrogens with zero attached hydrogens (tertiary/aromatic N) is 3. The number of carbonyl (C=O) groups is 2. The Morgan fingerprint density at radius 1 is 0.966 bits per heavy atom. The fourth-order valence-electron chi connectivity index (χ4n) is 3.98. The summed E-state index contributed by atoms with van der Waals surface area (Å²) >= 11 is 6.19. The van der Waals surface area contributed by atoms with Crippen LogP contribution in [-0.4, -0.2) is 56.0 Å². The van der Waals surface area contributed by atoms with Crippen LogP contribution in [0.1, 0.15) is 12.0 Å². The minimum atomic E-state index is -0.402. The summed E-state index contributed by atoms with van der Waals surface area (Å²) in [6.07, 6.45) is 0.215. The number of aryl methyl sites for hydroxylation is 1. The first kappa shape index (κ1) is 19.7. The summed E-state index contributed by atoms with van der Waals surface area (Å²) in [6, 6.07) is 12.9. The summed E-state index contributed by atoms with van der Waals surface area (Å²) in [5, 5.41) is 0.555. The molecule has 0 bridgehead atoms. The summed E-state index contributed by atoms with van der Waals surface area (Å²) in [5.41, 5.74) is 2.60. The Morgan fingerprint density at radius 2 is 1.62 bits per heavy atom. The van der Waals surface area contributed by atoms with E-state index in [0.717, 1.165) is 43.2 Å². The highest BCUT2D eigenvalue weighted by Gasteiger charge is 2.43. The number of ether oxygens (including phenoxy) is 1. The van der Waals surface area contributed by atoms with Gasteiger partial charge in [0.15, 0.2) is 0 Å². The van der Waals surface area contributed by atoms with Gasteiger partial charge in [0, 0.05) is 36.9 Å². The molecule has 0 saturated carbocycles. The number of amides is 2. The van der Waals surface area contributed by atoms with E-state index >= 15 is 0 Å². The Hall–Kier alpha value is -2.57. The van der Waals surface area contributed by atoms with E-state index in [0.29, 0.717) is 10.7 Å². The smallest absolute Gasteiger partial charge is 0.251 e. The highest BCUT2D eigenvalue weighted by molar-refractivity contribution is 6.32. The van der Waals surface area contributed by atoms with Crippen LogP contribution >= 0.6 is 11.6 Å². The molecule has 2 fully saturated rings. The molecule has 29 heavy (non-hydrogen) atoms. The van der Waals surface area contributed by atoms with Crippen molar-refractivity contribution < 1.29 is 14.3 Å². The molecule has 0 aromatic heterocycles. The van der Waals surface area contributed by atoms with E-state index < -0.39 is 6.04 Å². The number of carbonyl (C=O) groups excluding carboxylic acids is 2. The number of rotatable bonds is 4. The van der Waals surface area contributed by atoms with Gasteiger partial charge in [0.25, 0.3) is 5.91 Å². The number of hydrogen-bond donors (Lipinski definition) is 0. The van der Waals surface area contributed by atoms with Crippen molar-refractivity contribution >= 4 is 34.8 Å². The van der Waals surface area contributed by atoms with E-state index in [1.165, 1.54) is 4.90 Å². The number of methoxy groups -OCH3 is 1. The van der Waals surface area contributed by atoms with Crippen molar-refractivity contribution in [1.29, 1.82) is 0 Å². The van der Waals surface area contributed by atoms with E-state index in [9.17, 15) is 9.59 Å². The van der Waals surface area contributed by atoms with Gasteiger partial charge in [-0.2, -0.15) is 0 Å². The van der Waals surface area contributed by atoms with Crippen LogP contribution in [0.15, 0.2) is 42.5 Å². The molecule has 0 N–H and O–H groups in total. The normalized spacial score (nSPS) is 20.4. The second-order valence-corrected chi connectivity index (χ2v) is 7.85.